The summed E-state index contributed by atoms with van der Waals surface area (Å²) < 4.78 is 10.6. The Morgan fingerprint density at radius 2 is 1.88 bits per heavy atom. The quantitative estimate of drug-likeness (QED) is 0.264. The van der Waals surface area contributed by atoms with Crippen LogP contribution < -0.4 is 20.3 Å². The van der Waals surface area contributed by atoms with Crippen LogP contribution in [0.4, 0.5) is 0 Å². The number of benzene rings is 2. The van der Waals surface area contributed by atoms with Crippen molar-refractivity contribution in [2.75, 3.05) is 26.5 Å². The zero-order valence-electron chi connectivity index (χ0n) is 19.1. The van der Waals surface area contributed by atoms with Crippen molar-refractivity contribution in [1.82, 2.24) is 15.3 Å². The van der Waals surface area contributed by atoms with Crippen LogP contribution in [0.1, 0.15) is 10.4 Å². The maximum atomic E-state index is 12.9. The van der Waals surface area contributed by atoms with Crippen LogP contribution in [0, 0.1) is 6.92 Å². The predicted octanol–water partition coefficient (Wildman–Crippen LogP) is 4.43. The molecule has 7 nitrogen and oxygen atoms in total. The third-order valence-corrected chi connectivity index (χ3v) is 7.17. The molecule has 0 bridgehead atoms. The van der Waals surface area contributed by atoms with Crippen molar-refractivity contribution in [3.05, 3.63) is 69.3 Å². The number of rotatable bonds is 9. The van der Waals surface area contributed by atoms with Gasteiger partial charge in [0.05, 0.1) is 25.4 Å². The summed E-state index contributed by atoms with van der Waals surface area (Å²) in [6.07, 6.45) is 0.661. The molecule has 2 heterocycles. The first kappa shape index (κ1) is 23.8. The summed E-state index contributed by atoms with van der Waals surface area (Å²) in [7, 11) is 3.19. The zero-order valence-corrected chi connectivity index (χ0v) is 20.8. The molecule has 0 saturated carbocycles. The number of aromatic nitrogens is 2. The van der Waals surface area contributed by atoms with Gasteiger partial charge in [-0.3, -0.25) is 9.59 Å². The molecule has 0 aliphatic heterocycles. The van der Waals surface area contributed by atoms with Gasteiger partial charge in [-0.05, 0) is 36.6 Å². The van der Waals surface area contributed by atoms with E-state index in [0.717, 1.165) is 21.6 Å². The summed E-state index contributed by atoms with van der Waals surface area (Å²) in [5.41, 5.74) is 2.75. The third kappa shape index (κ3) is 5.26. The number of ether oxygens (including phenoxy) is 2. The number of fused-ring (bicyclic) bond motifs is 1. The van der Waals surface area contributed by atoms with Crippen LogP contribution >= 0.6 is 23.1 Å². The van der Waals surface area contributed by atoms with E-state index in [1.54, 1.807) is 14.2 Å². The Balaban J connectivity index is 1.37. The molecule has 0 aliphatic carbocycles. The van der Waals surface area contributed by atoms with Crippen molar-refractivity contribution in [3.8, 4) is 22.6 Å². The number of amides is 1. The number of H-pyrrole nitrogens is 1. The van der Waals surface area contributed by atoms with Crippen LogP contribution in [0.3, 0.4) is 0 Å². The van der Waals surface area contributed by atoms with Gasteiger partial charge in [0.1, 0.15) is 4.83 Å². The normalized spacial score (nSPS) is 10.9. The number of hydrogen-bond acceptors (Lipinski definition) is 7. The van der Waals surface area contributed by atoms with E-state index >= 15 is 0 Å². The van der Waals surface area contributed by atoms with Gasteiger partial charge in [-0.2, -0.15) is 0 Å². The average Bonchev–Trinajstić information content (AvgIpc) is 3.19. The zero-order chi connectivity index (χ0) is 24.1. The minimum atomic E-state index is -0.190. The monoisotopic (exact) mass is 495 g/mol. The second-order valence-electron chi connectivity index (χ2n) is 7.53. The molecule has 2 N–H and O–H groups in total. The first-order valence-electron chi connectivity index (χ1n) is 10.7. The standard InChI is InChI=1S/C25H25N3O4S2/c1-15-21(17-7-5-4-6-8-17)22-23(30)27-25(28-24(22)34-15)33-14-20(29)26-12-11-16-9-10-18(31-2)19(13-16)32-3/h4-10,13H,11-12,14H2,1-3H3,(H,26,29)(H,27,28,30). The number of hydrogen-bond donors (Lipinski definition) is 2. The molecule has 0 radical (unpaired) electrons. The van der Waals surface area contributed by atoms with Gasteiger partial charge in [-0.25, -0.2) is 4.98 Å². The van der Waals surface area contributed by atoms with Crippen LogP contribution in [0.2, 0.25) is 0 Å². The molecular formula is C25H25N3O4S2. The molecule has 2 aromatic carbocycles. The van der Waals surface area contributed by atoms with Crippen molar-refractivity contribution in [1.29, 1.82) is 0 Å². The van der Waals surface area contributed by atoms with Crippen molar-refractivity contribution < 1.29 is 14.3 Å². The molecule has 0 atom stereocenters. The molecular weight excluding hydrogens is 470 g/mol. The number of thioether (sulfide) groups is 1. The van der Waals surface area contributed by atoms with Gasteiger partial charge < -0.3 is 19.8 Å². The first-order valence-corrected chi connectivity index (χ1v) is 12.5. The lowest BCUT2D eigenvalue weighted by Crippen LogP contribution is -2.27. The summed E-state index contributed by atoms with van der Waals surface area (Å²) >= 11 is 2.71. The van der Waals surface area contributed by atoms with E-state index in [0.29, 0.717) is 39.8 Å². The molecule has 0 fully saturated rings. The molecule has 0 aliphatic rings. The fourth-order valence-electron chi connectivity index (χ4n) is 3.69. The van der Waals surface area contributed by atoms with Crippen molar-refractivity contribution in [3.63, 3.8) is 0 Å². The Bertz CT molecular complexity index is 1370. The summed E-state index contributed by atoms with van der Waals surface area (Å²) in [4.78, 5) is 34.3. The average molecular weight is 496 g/mol. The number of carbonyl (C=O) groups is 1. The number of aryl methyl sites for hydroxylation is 1. The molecule has 0 unspecified atom stereocenters. The molecule has 2 aromatic heterocycles. The highest BCUT2D eigenvalue weighted by Crippen LogP contribution is 2.35. The highest BCUT2D eigenvalue weighted by atomic mass is 32.2. The molecule has 1 amide bonds. The topological polar surface area (TPSA) is 93.3 Å². The Labute approximate surface area is 205 Å². The molecule has 9 heteroatoms. The Hall–Kier alpha value is -3.30. The smallest absolute Gasteiger partial charge is 0.260 e. The van der Waals surface area contributed by atoms with E-state index in [2.05, 4.69) is 15.3 Å². The molecule has 0 spiro atoms. The van der Waals surface area contributed by atoms with Gasteiger partial charge in [-0.1, -0.05) is 48.2 Å². The fraction of sp³-hybridized carbons (Fsp3) is 0.240. The van der Waals surface area contributed by atoms with E-state index in [1.165, 1.54) is 23.1 Å². The van der Waals surface area contributed by atoms with E-state index in [4.69, 9.17) is 9.47 Å². The van der Waals surface area contributed by atoms with Crippen LogP contribution in [-0.4, -0.2) is 42.4 Å². The van der Waals surface area contributed by atoms with Crippen LogP contribution in [0.5, 0.6) is 11.5 Å². The molecule has 176 valence electrons. The van der Waals surface area contributed by atoms with Gasteiger partial charge in [0.2, 0.25) is 5.91 Å². The van der Waals surface area contributed by atoms with Crippen LogP contribution in [0.15, 0.2) is 58.5 Å². The second kappa shape index (κ2) is 10.8. The summed E-state index contributed by atoms with van der Waals surface area (Å²) in [5, 5.41) is 3.94. The van der Waals surface area contributed by atoms with E-state index in [9.17, 15) is 9.59 Å². The molecule has 0 saturated heterocycles. The lowest BCUT2D eigenvalue weighted by molar-refractivity contribution is -0.118. The SMILES string of the molecule is COc1ccc(CCNC(=O)CSc2nc3sc(C)c(-c4ccccc4)c3c(=O)[nH]2)cc1OC. The number of aromatic amines is 1. The lowest BCUT2D eigenvalue weighted by Gasteiger charge is -2.10. The third-order valence-electron chi connectivity index (χ3n) is 5.30. The predicted molar refractivity (Wildman–Crippen MR) is 137 cm³/mol. The van der Waals surface area contributed by atoms with Gasteiger partial charge in [0.15, 0.2) is 16.7 Å². The second-order valence-corrected chi connectivity index (χ2v) is 9.70. The van der Waals surface area contributed by atoms with Crippen LogP contribution in [-0.2, 0) is 11.2 Å². The van der Waals surface area contributed by atoms with Crippen molar-refractivity contribution in [2.24, 2.45) is 0 Å². The van der Waals surface area contributed by atoms with Gasteiger partial charge in [0.25, 0.3) is 5.56 Å². The van der Waals surface area contributed by atoms with E-state index in [-0.39, 0.29) is 17.2 Å². The number of thiophene rings is 1. The largest absolute Gasteiger partial charge is 0.493 e. The minimum absolute atomic E-state index is 0.124. The van der Waals surface area contributed by atoms with Gasteiger partial charge in [0, 0.05) is 17.0 Å². The highest BCUT2D eigenvalue weighted by molar-refractivity contribution is 7.99. The number of nitrogens with zero attached hydrogens (tertiary/aromatic N) is 1. The van der Waals surface area contributed by atoms with E-state index in [1.807, 2.05) is 55.5 Å². The number of carbonyl (C=O) groups excluding carboxylic acids is 1. The number of methoxy groups -OCH3 is 2. The minimum Gasteiger partial charge on any atom is -0.493 e. The van der Waals surface area contributed by atoms with Gasteiger partial charge in [-0.15, -0.1) is 11.3 Å². The first-order chi connectivity index (χ1) is 16.5. The lowest BCUT2D eigenvalue weighted by atomic mass is 10.0. The van der Waals surface area contributed by atoms with Gasteiger partial charge >= 0.3 is 0 Å². The Morgan fingerprint density at radius 3 is 2.62 bits per heavy atom. The maximum absolute atomic E-state index is 12.9. The molecule has 34 heavy (non-hydrogen) atoms. The Morgan fingerprint density at radius 1 is 1.12 bits per heavy atom. The van der Waals surface area contributed by atoms with Crippen molar-refractivity contribution in [2.45, 2.75) is 18.5 Å². The molecule has 4 aromatic rings. The Kier molecular flexibility index (Phi) is 7.54. The summed E-state index contributed by atoms with van der Waals surface area (Å²) in [5.74, 6) is 1.37. The maximum Gasteiger partial charge on any atom is 0.260 e. The fourth-order valence-corrected chi connectivity index (χ4v) is 5.48. The summed E-state index contributed by atoms with van der Waals surface area (Å²) in [6, 6.07) is 15.5. The van der Waals surface area contributed by atoms with Crippen LogP contribution in [0.25, 0.3) is 21.3 Å². The number of nitrogens with one attached hydrogen (secondary N) is 2. The summed E-state index contributed by atoms with van der Waals surface area (Å²) in [6.45, 7) is 2.48. The molecule has 4 rings (SSSR count). The van der Waals surface area contributed by atoms with E-state index < -0.39 is 0 Å². The highest BCUT2D eigenvalue weighted by Gasteiger charge is 2.17. The van der Waals surface area contributed by atoms with Crippen molar-refractivity contribution >= 4 is 39.2 Å².